The molecule has 0 atom stereocenters. The van der Waals surface area contributed by atoms with Crippen LogP contribution in [-0.2, 0) is 17.2 Å². The topological polar surface area (TPSA) is 81.9 Å². The monoisotopic (exact) mass is 311 g/mol. The van der Waals surface area contributed by atoms with Crippen molar-refractivity contribution in [2.24, 2.45) is 0 Å². The van der Waals surface area contributed by atoms with E-state index < -0.39 is 0 Å². The standard InChI is InChI=1S/C13H18ClN5O2/c1-8(2)17-10(20)4-5-19-9(6-14)18-11-12(19)15-7-16-13(11)21-3/h7-8H,4-6H2,1-3H3,(H,17,20). The number of carbonyl (C=O) groups is 1. The zero-order valence-electron chi connectivity index (χ0n) is 12.3. The molecule has 2 rings (SSSR count). The number of alkyl halides is 1. The molecule has 0 fully saturated rings. The molecule has 2 aromatic heterocycles. The minimum Gasteiger partial charge on any atom is -0.479 e. The number of fused-ring (bicyclic) bond motifs is 1. The van der Waals surface area contributed by atoms with Gasteiger partial charge in [0.25, 0.3) is 0 Å². The summed E-state index contributed by atoms with van der Waals surface area (Å²) >= 11 is 5.93. The molecule has 2 heterocycles. The molecule has 0 bridgehead atoms. The van der Waals surface area contributed by atoms with Gasteiger partial charge in [-0.15, -0.1) is 11.6 Å². The molecule has 0 saturated carbocycles. The minimum absolute atomic E-state index is 0.0200. The number of aryl methyl sites for hydroxylation is 1. The highest BCUT2D eigenvalue weighted by Gasteiger charge is 2.16. The van der Waals surface area contributed by atoms with Crippen LogP contribution in [0.3, 0.4) is 0 Å². The summed E-state index contributed by atoms with van der Waals surface area (Å²) in [5.74, 6) is 1.25. The quantitative estimate of drug-likeness (QED) is 0.817. The van der Waals surface area contributed by atoms with Crippen LogP contribution < -0.4 is 10.1 Å². The highest BCUT2D eigenvalue weighted by Crippen LogP contribution is 2.22. The number of ether oxygens (including phenoxy) is 1. The van der Waals surface area contributed by atoms with Crippen molar-refractivity contribution in [2.45, 2.75) is 38.7 Å². The van der Waals surface area contributed by atoms with Gasteiger partial charge in [-0.3, -0.25) is 4.79 Å². The number of nitrogens with zero attached hydrogens (tertiary/aromatic N) is 4. The molecule has 0 saturated heterocycles. The van der Waals surface area contributed by atoms with E-state index in [-0.39, 0.29) is 17.8 Å². The van der Waals surface area contributed by atoms with E-state index in [9.17, 15) is 4.79 Å². The van der Waals surface area contributed by atoms with Gasteiger partial charge in [-0.05, 0) is 13.8 Å². The molecule has 1 amide bonds. The maximum Gasteiger partial charge on any atom is 0.245 e. The lowest BCUT2D eigenvalue weighted by Gasteiger charge is -2.10. The Morgan fingerprint density at radius 2 is 2.24 bits per heavy atom. The number of amides is 1. The molecule has 0 spiro atoms. The fourth-order valence-electron chi connectivity index (χ4n) is 2.05. The van der Waals surface area contributed by atoms with Crippen LogP contribution in [0.2, 0.25) is 0 Å². The number of carbonyl (C=O) groups excluding carboxylic acids is 1. The largest absolute Gasteiger partial charge is 0.479 e. The maximum absolute atomic E-state index is 11.8. The van der Waals surface area contributed by atoms with Gasteiger partial charge in [-0.1, -0.05) is 0 Å². The molecule has 8 heteroatoms. The molecule has 0 aliphatic heterocycles. The highest BCUT2D eigenvalue weighted by atomic mass is 35.5. The average molecular weight is 312 g/mol. The van der Waals surface area contributed by atoms with Crippen LogP contribution in [-0.4, -0.2) is 38.6 Å². The third-order valence-electron chi connectivity index (χ3n) is 2.90. The molecule has 0 radical (unpaired) electrons. The van der Waals surface area contributed by atoms with Crippen molar-refractivity contribution in [3.8, 4) is 5.88 Å². The van der Waals surface area contributed by atoms with Crippen LogP contribution in [0.1, 0.15) is 26.1 Å². The Morgan fingerprint density at radius 3 is 2.86 bits per heavy atom. The second-order valence-corrected chi connectivity index (χ2v) is 5.11. The maximum atomic E-state index is 11.8. The van der Waals surface area contributed by atoms with Gasteiger partial charge in [0.2, 0.25) is 11.8 Å². The molecule has 7 nitrogen and oxygen atoms in total. The SMILES string of the molecule is COc1ncnc2c1nc(CCl)n2CCC(=O)NC(C)C. The highest BCUT2D eigenvalue weighted by molar-refractivity contribution is 6.16. The van der Waals surface area contributed by atoms with Crippen LogP contribution >= 0.6 is 11.6 Å². The second kappa shape index (κ2) is 6.71. The summed E-state index contributed by atoms with van der Waals surface area (Å²) in [7, 11) is 1.53. The zero-order valence-corrected chi connectivity index (χ0v) is 13.0. The van der Waals surface area contributed by atoms with E-state index in [4.69, 9.17) is 16.3 Å². The van der Waals surface area contributed by atoms with E-state index >= 15 is 0 Å². The fourth-order valence-corrected chi connectivity index (χ4v) is 2.26. The lowest BCUT2D eigenvalue weighted by molar-refractivity contribution is -0.121. The smallest absolute Gasteiger partial charge is 0.245 e. The summed E-state index contributed by atoms with van der Waals surface area (Å²) in [5, 5.41) is 2.85. The summed E-state index contributed by atoms with van der Waals surface area (Å²) in [6.45, 7) is 4.30. The summed E-state index contributed by atoms with van der Waals surface area (Å²) < 4.78 is 7.00. The van der Waals surface area contributed by atoms with Gasteiger partial charge in [-0.2, -0.15) is 4.98 Å². The molecule has 0 aliphatic carbocycles. The molecule has 0 unspecified atom stereocenters. The van der Waals surface area contributed by atoms with Crippen LogP contribution in [0.4, 0.5) is 0 Å². The molecular weight excluding hydrogens is 294 g/mol. The number of rotatable bonds is 6. The normalized spacial score (nSPS) is 11.1. The number of hydrogen-bond acceptors (Lipinski definition) is 5. The molecule has 0 aliphatic rings. The summed E-state index contributed by atoms with van der Waals surface area (Å²) in [6.07, 6.45) is 1.74. The van der Waals surface area contributed by atoms with Gasteiger partial charge in [0, 0.05) is 19.0 Å². The number of imidazole rings is 1. The van der Waals surface area contributed by atoms with Crippen LogP contribution in [0.5, 0.6) is 5.88 Å². The lowest BCUT2D eigenvalue weighted by Crippen LogP contribution is -2.30. The van der Waals surface area contributed by atoms with Gasteiger partial charge in [0.15, 0.2) is 11.2 Å². The number of nitrogens with one attached hydrogen (secondary N) is 1. The molecule has 114 valence electrons. The molecule has 21 heavy (non-hydrogen) atoms. The first-order valence-electron chi connectivity index (χ1n) is 6.66. The number of methoxy groups -OCH3 is 1. The molecular formula is C13H18ClN5O2. The Morgan fingerprint density at radius 1 is 1.48 bits per heavy atom. The zero-order chi connectivity index (χ0) is 15.4. The Bertz CT molecular complexity index is 641. The van der Waals surface area contributed by atoms with Crippen molar-refractivity contribution in [1.29, 1.82) is 0 Å². The van der Waals surface area contributed by atoms with Crippen molar-refractivity contribution >= 4 is 28.7 Å². The Hall–Kier alpha value is -1.89. The van der Waals surface area contributed by atoms with E-state index in [1.165, 1.54) is 13.4 Å². The second-order valence-electron chi connectivity index (χ2n) is 4.84. The van der Waals surface area contributed by atoms with Crippen molar-refractivity contribution in [3.63, 3.8) is 0 Å². The van der Waals surface area contributed by atoms with E-state index in [1.54, 1.807) is 0 Å². The van der Waals surface area contributed by atoms with Gasteiger partial charge >= 0.3 is 0 Å². The van der Waals surface area contributed by atoms with Crippen molar-refractivity contribution < 1.29 is 9.53 Å². The first-order chi connectivity index (χ1) is 10.1. The number of hydrogen-bond donors (Lipinski definition) is 1. The van der Waals surface area contributed by atoms with E-state index in [1.807, 2.05) is 18.4 Å². The third-order valence-corrected chi connectivity index (χ3v) is 3.14. The van der Waals surface area contributed by atoms with Gasteiger partial charge < -0.3 is 14.6 Å². The van der Waals surface area contributed by atoms with Gasteiger partial charge in [0.1, 0.15) is 12.2 Å². The summed E-state index contributed by atoms with van der Waals surface area (Å²) in [4.78, 5) is 24.4. The Kier molecular flexibility index (Phi) is 4.95. The van der Waals surface area contributed by atoms with Crippen LogP contribution in [0.25, 0.3) is 11.2 Å². The van der Waals surface area contributed by atoms with Gasteiger partial charge in [-0.25, -0.2) is 9.97 Å². The molecule has 1 N–H and O–H groups in total. The van der Waals surface area contributed by atoms with Gasteiger partial charge in [0.05, 0.1) is 13.0 Å². The average Bonchev–Trinajstić information content (AvgIpc) is 2.82. The van der Waals surface area contributed by atoms with E-state index in [0.717, 1.165) is 0 Å². The van der Waals surface area contributed by atoms with E-state index in [2.05, 4.69) is 20.3 Å². The number of aromatic nitrogens is 4. The van der Waals surface area contributed by atoms with Crippen molar-refractivity contribution in [2.75, 3.05) is 7.11 Å². The van der Waals surface area contributed by atoms with E-state index in [0.29, 0.717) is 35.8 Å². The predicted molar refractivity (Wildman–Crippen MR) is 79.3 cm³/mol. The summed E-state index contributed by atoms with van der Waals surface area (Å²) in [5.41, 5.74) is 1.18. The first-order valence-corrected chi connectivity index (χ1v) is 7.19. The van der Waals surface area contributed by atoms with Crippen LogP contribution in [0.15, 0.2) is 6.33 Å². The Labute approximate surface area is 127 Å². The molecule has 0 aromatic carbocycles. The van der Waals surface area contributed by atoms with Crippen molar-refractivity contribution in [3.05, 3.63) is 12.2 Å². The predicted octanol–water partition coefficient (Wildman–Crippen LogP) is 1.49. The Balaban J connectivity index is 2.28. The number of halogens is 1. The first kappa shape index (κ1) is 15.5. The van der Waals surface area contributed by atoms with Crippen LogP contribution in [0, 0.1) is 0 Å². The summed E-state index contributed by atoms with van der Waals surface area (Å²) in [6, 6.07) is 0.118. The fraction of sp³-hybridized carbons (Fsp3) is 0.538. The third kappa shape index (κ3) is 3.41. The molecule has 2 aromatic rings. The lowest BCUT2D eigenvalue weighted by atomic mass is 10.3. The van der Waals surface area contributed by atoms with Crippen molar-refractivity contribution in [1.82, 2.24) is 24.8 Å². The minimum atomic E-state index is -0.0200.